The van der Waals surface area contributed by atoms with E-state index in [1.807, 2.05) is 6.07 Å². The van der Waals surface area contributed by atoms with Gasteiger partial charge in [-0.1, -0.05) is 6.07 Å². The quantitative estimate of drug-likeness (QED) is 0.465. The van der Waals surface area contributed by atoms with Gasteiger partial charge in [-0.25, -0.2) is 19.3 Å². The summed E-state index contributed by atoms with van der Waals surface area (Å²) in [6.45, 7) is 0.569. The van der Waals surface area contributed by atoms with Crippen LogP contribution in [0, 0.1) is 5.82 Å². The number of carbonyl (C=O) groups is 1. The number of oxazole rings is 1. The minimum Gasteiger partial charge on any atom is -0.432 e. The minimum absolute atomic E-state index is 0.0818. The van der Waals surface area contributed by atoms with Gasteiger partial charge in [-0.3, -0.25) is 4.79 Å². The second-order valence-electron chi connectivity index (χ2n) is 6.72. The van der Waals surface area contributed by atoms with Gasteiger partial charge in [0.15, 0.2) is 4.60 Å². The Hall–Kier alpha value is -2.63. The van der Waals surface area contributed by atoms with Crippen LogP contribution in [0.1, 0.15) is 38.9 Å². The number of benzene rings is 1. The molecule has 0 saturated carbocycles. The highest BCUT2D eigenvalue weighted by molar-refractivity contribution is 9.10. The van der Waals surface area contributed by atoms with Crippen molar-refractivity contribution in [3.63, 3.8) is 0 Å². The summed E-state index contributed by atoms with van der Waals surface area (Å²) < 4.78 is 25.9. The van der Waals surface area contributed by atoms with E-state index in [1.165, 1.54) is 24.5 Å². The summed E-state index contributed by atoms with van der Waals surface area (Å²) in [4.78, 5) is 31.3. The summed E-state index contributed by atoms with van der Waals surface area (Å²) in [6, 6.07) is 4.27. The van der Waals surface area contributed by atoms with E-state index in [0.29, 0.717) is 38.9 Å². The summed E-state index contributed by atoms with van der Waals surface area (Å²) in [6.07, 6.45) is 2.20. The largest absolute Gasteiger partial charge is 0.432 e. The van der Waals surface area contributed by atoms with Crippen molar-refractivity contribution in [3.05, 3.63) is 63.0 Å². The predicted octanol–water partition coefficient (Wildman–Crippen LogP) is 3.84. The van der Waals surface area contributed by atoms with Crippen LogP contribution in [0.25, 0.3) is 10.2 Å². The smallest absolute Gasteiger partial charge is 0.293 e. The lowest BCUT2D eigenvalue weighted by molar-refractivity contribution is 0.0649. The van der Waals surface area contributed by atoms with Crippen LogP contribution in [0.2, 0.25) is 0 Å². The molecule has 11 heteroatoms. The molecule has 0 bridgehead atoms. The molecule has 0 saturated heterocycles. The van der Waals surface area contributed by atoms with Crippen molar-refractivity contribution >= 4 is 43.4 Å². The van der Waals surface area contributed by atoms with Crippen LogP contribution in [0.3, 0.4) is 0 Å². The molecule has 0 fully saturated rings. The number of nitrogens with zero attached hydrogens (tertiary/aromatic N) is 4. The van der Waals surface area contributed by atoms with Crippen molar-refractivity contribution < 1.29 is 18.3 Å². The van der Waals surface area contributed by atoms with E-state index < -0.39 is 11.9 Å². The maximum atomic E-state index is 14.3. The van der Waals surface area contributed by atoms with E-state index in [1.54, 1.807) is 17.3 Å². The number of hydrogen-bond acceptors (Lipinski definition) is 7. The van der Waals surface area contributed by atoms with E-state index in [9.17, 15) is 9.18 Å². The molecular weight excluding hydrogens is 477 g/mol. The Morgan fingerprint density at radius 1 is 1.47 bits per heavy atom. The lowest BCUT2D eigenvalue weighted by atomic mass is 10.0. The normalized spacial score (nSPS) is 16.2. The van der Waals surface area contributed by atoms with E-state index in [-0.39, 0.29) is 23.8 Å². The zero-order valence-corrected chi connectivity index (χ0v) is 18.1. The standard InChI is InChI=1S/C19H15BrFN5O3S/c1-28-7-12-24-17(20)16(29-12)19(27)26-6-5-10-14(23-8-22-10)15(26)18-25-13-9(21)3-2-4-11(13)30-18/h2-4,8,15H,5-7H2,1H3,(H,22,23)/t15-/m0/s1. The van der Waals surface area contributed by atoms with Gasteiger partial charge in [0.1, 0.15) is 29.0 Å². The number of ether oxygens (including phenoxy) is 1. The second-order valence-corrected chi connectivity index (χ2v) is 8.53. The van der Waals surface area contributed by atoms with Crippen molar-refractivity contribution in [3.8, 4) is 0 Å². The molecule has 1 aliphatic heterocycles. The average molecular weight is 492 g/mol. The van der Waals surface area contributed by atoms with Gasteiger partial charge >= 0.3 is 0 Å². The third kappa shape index (κ3) is 3.13. The number of amides is 1. The highest BCUT2D eigenvalue weighted by Gasteiger charge is 2.38. The molecule has 1 aromatic carbocycles. The first-order chi connectivity index (χ1) is 14.6. The number of H-pyrrole nitrogens is 1. The Kier molecular flexibility index (Phi) is 4.88. The number of nitrogens with one attached hydrogen (secondary N) is 1. The summed E-state index contributed by atoms with van der Waals surface area (Å²) in [5.74, 6) is -0.370. The maximum absolute atomic E-state index is 14.3. The number of thiazole rings is 1. The van der Waals surface area contributed by atoms with E-state index in [2.05, 4.69) is 35.9 Å². The number of methoxy groups -OCH3 is 1. The highest BCUT2D eigenvalue weighted by Crippen LogP contribution is 2.39. The number of hydrogen-bond donors (Lipinski definition) is 1. The fraction of sp³-hybridized carbons (Fsp3) is 0.263. The van der Waals surface area contributed by atoms with Crippen molar-refractivity contribution in [1.29, 1.82) is 0 Å². The van der Waals surface area contributed by atoms with Gasteiger partial charge in [-0.2, -0.15) is 0 Å². The third-order valence-corrected chi connectivity index (χ3v) is 6.51. The van der Waals surface area contributed by atoms with Gasteiger partial charge in [-0.05, 0) is 28.1 Å². The number of aromatic amines is 1. The molecule has 30 heavy (non-hydrogen) atoms. The van der Waals surface area contributed by atoms with Crippen LogP contribution < -0.4 is 0 Å². The maximum Gasteiger partial charge on any atom is 0.293 e. The van der Waals surface area contributed by atoms with Gasteiger partial charge in [0.05, 0.1) is 16.7 Å². The summed E-state index contributed by atoms with van der Waals surface area (Å²) in [5.41, 5.74) is 1.91. The molecule has 154 valence electrons. The molecule has 4 aromatic rings. The predicted molar refractivity (Wildman–Crippen MR) is 110 cm³/mol. The van der Waals surface area contributed by atoms with Gasteiger partial charge in [-0.15, -0.1) is 11.3 Å². The third-order valence-electron chi connectivity index (χ3n) is 4.90. The number of para-hydroxylation sites is 1. The number of halogens is 2. The van der Waals surface area contributed by atoms with Gasteiger partial charge in [0, 0.05) is 25.8 Å². The van der Waals surface area contributed by atoms with Crippen molar-refractivity contribution in [1.82, 2.24) is 24.8 Å². The zero-order chi connectivity index (χ0) is 20.8. The summed E-state index contributed by atoms with van der Waals surface area (Å²) in [7, 11) is 1.52. The fourth-order valence-corrected chi connectivity index (χ4v) is 5.13. The molecule has 4 heterocycles. The molecule has 0 spiro atoms. The number of rotatable bonds is 4. The Morgan fingerprint density at radius 3 is 3.13 bits per heavy atom. The van der Waals surface area contributed by atoms with E-state index in [0.717, 1.165) is 5.69 Å². The van der Waals surface area contributed by atoms with Crippen molar-refractivity contribution in [2.45, 2.75) is 19.1 Å². The molecule has 1 N–H and O–H groups in total. The van der Waals surface area contributed by atoms with Crippen LogP contribution in [0.5, 0.6) is 0 Å². The first-order valence-corrected chi connectivity index (χ1v) is 10.7. The Morgan fingerprint density at radius 2 is 2.33 bits per heavy atom. The number of aromatic nitrogens is 4. The van der Waals surface area contributed by atoms with Gasteiger partial charge < -0.3 is 19.0 Å². The number of imidazole rings is 1. The van der Waals surface area contributed by atoms with Crippen molar-refractivity contribution in [2.24, 2.45) is 0 Å². The first-order valence-electron chi connectivity index (χ1n) is 9.09. The summed E-state index contributed by atoms with van der Waals surface area (Å²) >= 11 is 4.64. The first kappa shape index (κ1) is 19.3. The lowest BCUT2D eigenvalue weighted by Crippen LogP contribution is -2.40. The Labute approximate surface area is 182 Å². The molecular formula is C19H15BrFN5O3S. The molecule has 3 aromatic heterocycles. The van der Waals surface area contributed by atoms with Crippen LogP contribution in [0.15, 0.2) is 33.5 Å². The number of carbonyl (C=O) groups excluding carboxylic acids is 1. The van der Waals surface area contributed by atoms with Crippen LogP contribution in [-0.2, 0) is 17.8 Å². The molecule has 1 atom stereocenters. The van der Waals surface area contributed by atoms with Gasteiger partial charge in [0.25, 0.3) is 5.91 Å². The summed E-state index contributed by atoms with van der Waals surface area (Å²) in [5, 5.41) is 0.587. The SMILES string of the molecule is COCc1nc(Br)c(C(=O)N2CCc3[nH]cnc3[C@H]2c2nc3c(F)cccc3s2)o1. The average Bonchev–Trinajstić information content (AvgIpc) is 3.45. The highest BCUT2D eigenvalue weighted by atomic mass is 79.9. The molecule has 5 rings (SSSR count). The van der Waals surface area contributed by atoms with Crippen LogP contribution >= 0.6 is 27.3 Å². The lowest BCUT2D eigenvalue weighted by Gasteiger charge is -2.33. The fourth-order valence-electron chi connectivity index (χ4n) is 3.59. The molecule has 0 aliphatic carbocycles. The second kappa shape index (κ2) is 7.56. The van der Waals surface area contributed by atoms with Gasteiger partial charge in [0.2, 0.25) is 11.7 Å². The molecule has 0 radical (unpaired) electrons. The molecule has 1 aliphatic rings. The van der Waals surface area contributed by atoms with E-state index in [4.69, 9.17) is 9.15 Å². The van der Waals surface area contributed by atoms with E-state index >= 15 is 0 Å². The topological polar surface area (TPSA) is 97.1 Å². The van der Waals surface area contributed by atoms with Crippen LogP contribution in [-0.4, -0.2) is 44.4 Å². The molecule has 1 amide bonds. The number of fused-ring (bicyclic) bond motifs is 2. The minimum atomic E-state index is -0.563. The zero-order valence-electron chi connectivity index (χ0n) is 15.7. The Balaban J connectivity index is 1.60. The Bertz CT molecular complexity index is 1250. The molecule has 0 unspecified atom stereocenters. The monoisotopic (exact) mass is 491 g/mol. The van der Waals surface area contributed by atoms with Crippen LogP contribution in [0.4, 0.5) is 4.39 Å². The molecule has 8 nitrogen and oxygen atoms in total. The van der Waals surface area contributed by atoms with Crippen molar-refractivity contribution in [2.75, 3.05) is 13.7 Å².